The molecule has 4 heteroatoms. The van der Waals surface area contributed by atoms with Crippen molar-refractivity contribution in [3.05, 3.63) is 17.0 Å². The van der Waals surface area contributed by atoms with Gasteiger partial charge in [0.05, 0.1) is 24.4 Å². The number of nitrogens with one attached hydrogen (secondary N) is 1. The van der Waals surface area contributed by atoms with Crippen LogP contribution in [0.4, 0.5) is 0 Å². The van der Waals surface area contributed by atoms with E-state index in [2.05, 4.69) is 58.5 Å². The molecule has 0 aliphatic rings. The summed E-state index contributed by atoms with van der Waals surface area (Å²) in [5.74, 6) is 0. The molecule has 0 bridgehead atoms. The Labute approximate surface area is 130 Å². The van der Waals surface area contributed by atoms with Gasteiger partial charge in [-0.2, -0.15) is 5.10 Å². The molecule has 4 nitrogen and oxygen atoms in total. The van der Waals surface area contributed by atoms with E-state index in [4.69, 9.17) is 9.84 Å². The fourth-order valence-corrected chi connectivity index (χ4v) is 2.73. The molecule has 1 rings (SSSR count). The Hall–Kier alpha value is -0.870. The molecule has 1 unspecified atom stereocenters. The number of hydrogen-bond donors (Lipinski definition) is 1. The molecule has 0 fully saturated rings. The second-order valence-corrected chi connectivity index (χ2v) is 6.48. The molecule has 0 amide bonds. The van der Waals surface area contributed by atoms with E-state index in [1.54, 1.807) is 0 Å². The van der Waals surface area contributed by atoms with Crippen LogP contribution in [0.1, 0.15) is 71.5 Å². The van der Waals surface area contributed by atoms with E-state index < -0.39 is 0 Å². The predicted octanol–water partition coefficient (Wildman–Crippen LogP) is 3.49. The summed E-state index contributed by atoms with van der Waals surface area (Å²) in [5, 5.41) is 8.34. The first kappa shape index (κ1) is 18.2. The van der Waals surface area contributed by atoms with E-state index >= 15 is 0 Å². The van der Waals surface area contributed by atoms with Crippen molar-refractivity contribution in [3.63, 3.8) is 0 Å². The minimum absolute atomic E-state index is 0.0903. The third-order valence-electron chi connectivity index (χ3n) is 3.63. The number of hydrogen-bond acceptors (Lipinski definition) is 3. The van der Waals surface area contributed by atoms with E-state index in [0.717, 1.165) is 25.9 Å². The maximum Gasteiger partial charge on any atom is 0.0672 e. The molecule has 1 heterocycles. The van der Waals surface area contributed by atoms with Crippen LogP contribution in [0.15, 0.2) is 0 Å². The molecule has 0 aliphatic carbocycles. The van der Waals surface area contributed by atoms with Crippen LogP contribution in [0.5, 0.6) is 0 Å². The summed E-state index contributed by atoms with van der Waals surface area (Å²) in [6, 6.07) is 0.359. The summed E-state index contributed by atoms with van der Waals surface area (Å²) in [4.78, 5) is 0. The number of aromatic nitrogens is 2. The minimum Gasteiger partial charge on any atom is -0.374 e. The van der Waals surface area contributed by atoms with Gasteiger partial charge in [0.2, 0.25) is 0 Å². The zero-order chi connectivity index (χ0) is 16.0. The highest BCUT2D eigenvalue weighted by molar-refractivity contribution is 5.30. The quantitative estimate of drug-likeness (QED) is 0.798. The van der Waals surface area contributed by atoms with Crippen LogP contribution in [-0.4, -0.2) is 28.5 Å². The molecular weight excluding hydrogens is 262 g/mol. The normalized spacial score (nSPS) is 13.7. The van der Waals surface area contributed by atoms with Gasteiger partial charge in [0.1, 0.15) is 0 Å². The van der Waals surface area contributed by atoms with Crippen molar-refractivity contribution in [2.24, 2.45) is 0 Å². The van der Waals surface area contributed by atoms with Gasteiger partial charge in [0.15, 0.2) is 0 Å². The van der Waals surface area contributed by atoms with Crippen molar-refractivity contribution in [2.75, 3.05) is 13.2 Å². The third-order valence-corrected chi connectivity index (χ3v) is 3.63. The first-order valence-corrected chi connectivity index (χ1v) is 8.29. The van der Waals surface area contributed by atoms with Gasteiger partial charge in [-0.05, 0) is 47.1 Å². The lowest BCUT2D eigenvalue weighted by Crippen LogP contribution is -2.23. The van der Waals surface area contributed by atoms with E-state index in [9.17, 15) is 0 Å². The molecule has 1 atom stereocenters. The van der Waals surface area contributed by atoms with Crippen molar-refractivity contribution in [1.82, 2.24) is 15.1 Å². The lowest BCUT2D eigenvalue weighted by molar-refractivity contribution is -0.00817. The highest BCUT2D eigenvalue weighted by Crippen LogP contribution is 2.24. The summed E-state index contributed by atoms with van der Waals surface area (Å²) in [6.45, 7) is 17.5. The van der Waals surface area contributed by atoms with E-state index in [1.165, 1.54) is 17.0 Å². The molecule has 21 heavy (non-hydrogen) atoms. The summed E-state index contributed by atoms with van der Waals surface area (Å²) >= 11 is 0. The maximum absolute atomic E-state index is 5.85. The zero-order valence-corrected chi connectivity index (χ0v) is 14.9. The summed E-state index contributed by atoms with van der Waals surface area (Å²) in [6.07, 6.45) is 1.98. The van der Waals surface area contributed by atoms with Gasteiger partial charge < -0.3 is 10.1 Å². The average Bonchev–Trinajstić information content (AvgIpc) is 2.75. The fourth-order valence-electron chi connectivity index (χ4n) is 2.73. The lowest BCUT2D eigenvalue weighted by Gasteiger charge is -2.20. The van der Waals surface area contributed by atoms with E-state index in [0.29, 0.717) is 12.6 Å². The Morgan fingerprint density at radius 1 is 1.19 bits per heavy atom. The molecule has 1 N–H and O–H groups in total. The summed E-state index contributed by atoms with van der Waals surface area (Å²) in [5.41, 5.74) is 3.86. The van der Waals surface area contributed by atoms with Crippen molar-refractivity contribution in [3.8, 4) is 0 Å². The van der Waals surface area contributed by atoms with Crippen molar-refractivity contribution < 1.29 is 4.74 Å². The second-order valence-electron chi connectivity index (χ2n) is 6.48. The summed E-state index contributed by atoms with van der Waals surface area (Å²) in [7, 11) is 0. The Morgan fingerprint density at radius 3 is 2.33 bits per heavy atom. The molecule has 0 saturated heterocycles. The minimum atomic E-state index is -0.0903. The second kappa shape index (κ2) is 7.95. The van der Waals surface area contributed by atoms with Crippen LogP contribution < -0.4 is 5.32 Å². The molecule has 0 aromatic carbocycles. The smallest absolute Gasteiger partial charge is 0.0672 e. The van der Waals surface area contributed by atoms with Gasteiger partial charge in [-0.15, -0.1) is 0 Å². The molecule has 0 radical (unpaired) electrons. The Balaban J connectivity index is 2.94. The fraction of sp³-hybridized carbons (Fsp3) is 0.824. The van der Waals surface area contributed by atoms with Gasteiger partial charge in [0.25, 0.3) is 0 Å². The van der Waals surface area contributed by atoms with E-state index in [-0.39, 0.29) is 5.60 Å². The van der Waals surface area contributed by atoms with Crippen LogP contribution in [0, 0.1) is 0 Å². The Bertz CT molecular complexity index is 432. The van der Waals surface area contributed by atoms with Crippen LogP contribution >= 0.6 is 0 Å². The van der Waals surface area contributed by atoms with Crippen LogP contribution in [0.2, 0.25) is 0 Å². The highest BCUT2D eigenvalue weighted by atomic mass is 16.5. The monoisotopic (exact) mass is 295 g/mol. The van der Waals surface area contributed by atoms with Crippen molar-refractivity contribution in [1.29, 1.82) is 0 Å². The maximum atomic E-state index is 5.85. The van der Waals surface area contributed by atoms with E-state index in [1.807, 2.05) is 0 Å². The number of rotatable bonds is 8. The molecule has 1 aromatic heterocycles. The molecule has 0 saturated carbocycles. The molecule has 0 aliphatic heterocycles. The van der Waals surface area contributed by atoms with Gasteiger partial charge >= 0.3 is 0 Å². The first-order valence-electron chi connectivity index (χ1n) is 8.29. The topological polar surface area (TPSA) is 39.1 Å². The number of aryl methyl sites for hydroxylation is 1. The molecule has 1 aromatic rings. The first-order chi connectivity index (χ1) is 9.84. The largest absolute Gasteiger partial charge is 0.374 e. The molecular formula is C17H33N3O. The van der Waals surface area contributed by atoms with Gasteiger partial charge in [-0.1, -0.05) is 20.8 Å². The molecule has 0 spiro atoms. The van der Waals surface area contributed by atoms with Crippen molar-refractivity contribution in [2.45, 2.75) is 79.5 Å². The average molecular weight is 295 g/mol. The highest BCUT2D eigenvalue weighted by Gasteiger charge is 2.20. The SMILES string of the molecule is CCNC(C)c1c(CC)nn(CCOC(C)(C)C)c1CC. The third kappa shape index (κ3) is 5.11. The predicted molar refractivity (Wildman–Crippen MR) is 88.8 cm³/mol. The Kier molecular flexibility index (Phi) is 6.88. The number of nitrogens with zero attached hydrogens (tertiary/aromatic N) is 2. The Morgan fingerprint density at radius 2 is 1.86 bits per heavy atom. The van der Waals surface area contributed by atoms with Crippen LogP contribution in [-0.2, 0) is 24.1 Å². The van der Waals surface area contributed by atoms with Crippen molar-refractivity contribution >= 4 is 0 Å². The lowest BCUT2D eigenvalue weighted by atomic mass is 10.0. The summed E-state index contributed by atoms with van der Waals surface area (Å²) < 4.78 is 7.99. The standard InChI is InChI=1S/C17H33N3O/c1-8-14-16(13(4)18-10-3)15(9-2)20(19-14)11-12-21-17(5,6)7/h13,18H,8-12H2,1-7H3. The van der Waals surface area contributed by atoms with Crippen LogP contribution in [0.25, 0.3) is 0 Å². The molecule has 122 valence electrons. The van der Waals surface area contributed by atoms with Gasteiger partial charge in [-0.25, -0.2) is 0 Å². The number of ether oxygens (including phenoxy) is 1. The van der Waals surface area contributed by atoms with Gasteiger partial charge in [0, 0.05) is 17.3 Å². The zero-order valence-electron chi connectivity index (χ0n) is 14.9. The van der Waals surface area contributed by atoms with Gasteiger partial charge in [-0.3, -0.25) is 4.68 Å². The van der Waals surface area contributed by atoms with Crippen LogP contribution in [0.3, 0.4) is 0 Å².